The first kappa shape index (κ1) is 18.9. The van der Waals surface area contributed by atoms with E-state index in [0.717, 1.165) is 19.5 Å². The molecule has 2 N–H and O–H groups in total. The number of allylic oxidation sites excluding steroid dienone is 3. The molecule has 0 radical (unpaired) electrons. The van der Waals surface area contributed by atoms with Crippen LogP contribution < -0.4 is 5.32 Å². The largest absolute Gasteiger partial charge is 0.361 e. The molecule has 0 bridgehead atoms. The summed E-state index contributed by atoms with van der Waals surface area (Å²) in [5.41, 5.74) is 5.21. The summed E-state index contributed by atoms with van der Waals surface area (Å²) in [6, 6.07) is 19.4. The zero-order valence-electron chi connectivity index (χ0n) is 16.0. The number of hydrogen-bond donors (Lipinski definition) is 2. The highest BCUT2D eigenvalue weighted by atomic mass is 14.8. The SMILES string of the molecule is C=CC=CC(=CC)CNCCC(c1ccccc1)c1c[nH]c2ccccc12. The minimum absolute atomic E-state index is 0.368. The molecule has 2 nitrogen and oxygen atoms in total. The van der Waals surface area contributed by atoms with Crippen LogP contribution in [0.5, 0.6) is 0 Å². The van der Waals surface area contributed by atoms with Crippen LogP contribution in [-0.2, 0) is 0 Å². The molecule has 0 saturated heterocycles. The smallest absolute Gasteiger partial charge is 0.0457 e. The lowest BCUT2D eigenvalue weighted by molar-refractivity contribution is 0.639. The molecule has 0 aliphatic rings. The minimum atomic E-state index is 0.368. The molecule has 0 saturated carbocycles. The van der Waals surface area contributed by atoms with Crippen molar-refractivity contribution in [3.63, 3.8) is 0 Å². The van der Waals surface area contributed by atoms with Gasteiger partial charge in [-0.15, -0.1) is 0 Å². The first-order valence-electron chi connectivity index (χ1n) is 9.59. The van der Waals surface area contributed by atoms with Crippen molar-refractivity contribution >= 4 is 10.9 Å². The lowest BCUT2D eigenvalue weighted by Gasteiger charge is -2.18. The molecule has 1 heterocycles. The van der Waals surface area contributed by atoms with Crippen LogP contribution in [0.2, 0.25) is 0 Å². The van der Waals surface area contributed by atoms with E-state index in [1.165, 1.54) is 27.6 Å². The van der Waals surface area contributed by atoms with Crippen LogP contribution >= 0.6 is 0 Å². The Kier molecular flexibility index (Phi) is 6.84. The monoisotopic (exact) mass is 356 g/mol. The Hall–Kier alpha value is -2.84. The van der Waals surface area contributed by atoms with Gasteiger partial charge in [0.15, 0.2) is 0 Å². The second-order valence-electron chi connectivity index (χ2n) is 6.68. The first-order valence-corrected chi connectivity index (χ1v) is 9.59. The summed E-state index contributed by atoms with van der Waals surface area (Å²) in [5.74, 6) is 0.368. The standard InChI is InChI=1S/C25H28N2/c1-3-5-11-20(4-2)18-26-17-16-22(21-12-7-6-8-13-21)24-19-27-25-15-10-9-14-23(24)25/h3-15,19,22,26-27H,1,16-18H2,2H3. The van der Waals surface area contributed by atoms with Gasteiger partial charge in [0.25, 0.3) is 0 Å². The molecule has 1 unspecified atom stereocenters. The average Bonchev–Trinajstić information content (AvgIpc) is 3.15. The number of H-pyrrole nitrogens is 1. The maximum absolute atomic E-state index is 3.74. The fourth-order valence-electron chi connectivity index (χ4n) is 3.50. The normalized spacial score (nSPS) is 13.3. The summed E-state index contributed by atoms with van der Waals surface area (Å²) in [5, 5.41) is 4.91. The Morgan fingerprint density at radius 3 is 2.67 bits per heavy atom. The molecule has 1 aromatic heterocycles. The van der Waals surface area contributed by atoms with Gasteiger partial charge in [-0.25, -0.2) is 0 Å². The third-order valence-electron chi connectivity index (χ3n) is 4.95. The summed E-state index contributed by atoms with van der Waals surface area (Å²) < 4.78 is 0. The molecule has 138 valence electrons. The van der Waals surface area contributed by atoms with Gasteiger partial charge in [-0.1, -0.05) is 79.4 Å². The van der Waals surface area contributed by atoms with E-state index >= 15 is 0 Å². The highest BCUT2D eigenvalue weighted by molar-refractivity contribution is 5.84. The molecule has 2 heteroatoms. The van der Waals surface area contributed by atoms with E-state index < -0.39 is 0 Å². The molecule has 1 atom stereocenters. The van der Waals surface area contributed by atoms with Crippen LogP contribution in [0.4, 0.5) is 0 Å². The highest BCUT2D eigenvalue weighted by Crippen LogP contribution is 2.32. The van der Waals surface area contributed by atoms with E-state index in [-0.39, 0.29) is 0 Å². The molecule has 3 rings (SSSR count). The van der Waals surface area contributed by atoms with Crippen LogP contribution in [0.15, 0.2) is 97.3 Å². The maximum Gasteiger partial charge on any atom is 0.0457 e. The van der Waals surface area contributed by atoms with Crippen molar-refractivity contribution < 1.29 is 0 Å². The third kappa shape index (κ3) is 4.87. The third-order valence-corrected chi connectivity index (χ3v) is 4.95. The van der Waals surface area contributed by atoms with Gasteiger partial charge in [-0.3, -0.25) is 0 Å². The van der Waals surface area contributed by atoms with Crippen LogP contribution in [0.1, 0.15) is 30.4 Å². The van der Waals surface area contributed by atoms with Crippen molar-refractivity contribution in [2.45, 2.75) is 19.3 Å². The van der Waals surface area contributed by atoms with Crippen molar-refractivity contribution in [1.82, 2.24) is 10.3 Å². The predicted octanol–water partition coefficient (Wildman–Crippen LogP) is 5.97. The van der Waals surface area contributed by atoms with Crippen molar-refractivity contribution in [2.75, 3.05) is 13.1 Å². The molecule has 0 aliphatic carbocycles. The van der Waals surface area contributed by atoms with Gasteiger partial charge in [0.05, 0.1) is 0 Å². The Labute approximate surface area is 162 Å². The molecule has 0 fully saturated rings. The van der Waals surface area contributed by atoms with Crippen molar-refractivity contribution in [3.8, 4) is 0 Å². The quantitative estimate of drug-likeness (QED) is 0.359. The molecule has 0 amide bonds. The molecule has 0 aliphatic heterocycles. The van der Waals surface area contributed by atoms with Crippen molar-refractivity contribution in [3.05, 3.63) is 108 Å². The number of aromatic amines is 1. The van der Waals surface area contributed by atoms with E-state index in [4.69, 9.17) is 0 Å². The van der Waals surface area contributed by atoms with E-state index in [1.807, 2.05) is 12.2 Å². The molecule has 27 heavy (non-hydrogen) atoms. The number of nitrogens with one attached hydrogen (secondary N) is 2. The lowest BCUT2D eigenvalue weighted by atomic mass is 9.88. The molecular formula is C25H28N2. The lowest BCUT2D eigenvalue weighted by Crippen LogP contribution is -2.20. The van der Waals surface area contributed by atoms with Gasteiger partial charge in [-0.05, 0) is 42.7 Å². The second kappa shape index (κ2) is 9.75. The Morgan fingerprint density at radius 2 is 1.89 bits per heavy atom. The number of benzene rings is 2. The minimum Gasteiger partial charge on any atom is -0.361 e. The van der Waals surface area contributed by atoms with Crippen LogP contribution in [-0.4, -0.2) is 18.1 Å². The Morgan fingerprint density at radius 1 is 1.11 bits per heavy atom. The zero-order chi connectivity index (χ0) is 18.9. The summed E-state index contributed by atoms with van der Waals surface area (Å²) in [7, 11) is 0. The van der Waals surface area contributed by atoms with E-state index in [1.54, 1.807) is 0 Å². The highest BCUT2D eigenvalue weighted by Gasteiger charge is 2.17. The van der Waals surface area contributed by atoms with E-state index in [9.17, 15) is 0 Å². The van der Waals surface area contributed by atoms with Gasteiger partial charge in [0.1, 0.15) is 0 Å². The predicted molar refractivity (Wildman–Crippen MR) is 117 cm³/mol. The summed E-state index contributed by atoms with van der Waals surface area (Å²) >= 11 is 0. The Bertz CT molecular complexity index is 916. The summed E-state index contributed by atoms with van der Waals surface area (Å²) in [6.07, 6.45) is 11.3. The number of hydrogen-bond acceptors (Lipinski definition) is 1. The fraction of sp³-hybridized carbons (Fsp3) is 0.200. The maximum atomic E-state index is 3.74. The number of para-hydroxylation sites is 1. The second-order valence-corrected chi connectivity index (χ2v) is 6.68. The molecule has 0 spiro atoms. The number of rotatable bonds is 9. The van der Waals surface area contributed by atoms with Gasteiger partial charge in [0, 0.05) is 29.6 Å². The van der Waals surface area contributed by atoms with Gasteiger partial charge in [-0.2, -0.15) is 0 Å². The molecular weight excluding hydrogens is 328 g/mol. The fourth-order valence-corrected chi connectivity index (χ4v) is 3.50. The Balaban J connectivity index is 1.74. The first-order chi connectivity index (χ1) is 13.3. The van der Waals surface area contributed by atoms with Crippen molar-refractivity contribution in [1.29, 1.82) is 0 Å². The molecule has 3 aromatic rings. The van der Waals surface area contributed by atoms with E-state index in [2.05, 4.69) is 96.7 Å². The average molecular weight is 357 g/mol. The van der Waals surface area contributed by atoms with E-state index in [0.29, 0.717) is 5.92 Å². The molecule has 2 aromatic carbocycles. The van der Waals surface area contributed by atoms with Gasteiger partial charge < -0.3 is 10.3 Å². The van der Waals surface area contributed by atoms with Crippen LogP contribution in [0.25, 0.3) is 10.9 Å². The number of aromatic nitrogens is 1. The van der Waals surface area contributed by atoms with Crippen LogP contribution in [0.3, 0.4) is 0 Å². The topological polar surface area (TPSA) is 27.8 Å². The van der Waals surface area contributed by atoms with Gasteiger partial charge in [0.2, 0.25) is 0 Å². The summed E-state index contributed by atoms with van der Waals surface area (Å²) in [6.45, 7) is 7.64. The van der Waals surface area contributed by atoms with Gasteiger partial charge >= 0.3 is 0 Å². The number of fused-ring (bicyclic) bond motifs is 1. The van der Waals surface area contributed by atoms with Crippen molar-refractivity contribution in [2.24, 2.45) is 0 Å². The summed E-state index contributed by atoms with van der Waals surface area (Å²) in [4.78, 5) is 3.43. The van der Waals surface area contributed by atoms with Crippen LogP contribution in [0, 0.1) is 0 Å². The zero-order valence-corrected chi connectivity index (χ0v) is 16.0.